The van der Waals surface area contributed by atoms with Crippen molar-refractivity contribution in [1.82, 2.24) is 0 Å². The minimum absolute atomic E-state index is 0.363. The minimum Gasteiger partial charge on any atom is -0.285 e. The molecule has 0 aliphatic carbocycles. The molecular formula is C15H12O3S. The Morgan fingerprint density at radius 3 is 2.11 bits per heavy atom. The van der Waals surface area contributed by atoms with Crippen LogP contribution >= 0.6 is 0 Å². The summed E-state index contributed by atoms with van der Waals surface area (Å²) in [5, 5.41) is 3.91. The third-order valence-corrected chi connectivity index (χ3v) is 3.87. The van der Waals surface area contributed by atoms with Gasteiger partial charge in [-0.1, -0.05) is 48.5 Å². The van der Waals surface area contributed by atoms with Crippen LogP contribution in [-0.4, -0.2) is 13.0 Å². The maximum atomic E-state index is 11.1. The zero-order valence-electron chi connectivity index (χ0n) is 10.1. The van der Waals surface area contributed by atoms with Crippen LogP contribution in [0.2, 0.25) is 0 Å². The number of hydrogen-bond acceptors (Lipinski definition) is 2. The van der Waals surface area contributed by atoms with Gasteiger partial charge in [-0.3, -0.25) is 4.55 Å². The third kappa shape index (κ3) is 2.32. The van der Waals surface area contributed by atoms with E-state index in [0.717, 1.165) is 21.5 Å². The molecule has 3 aromatic rings. The predicted molar refractivity (Wildman–Crippen MR) is 76.7 cm³/mol. The maximum absolute atomic E-state index is 11.1. The third-order valence-electron chi connectivity index (χ3n) is 3.19. The number of fused-ring (bicyclic) bond motifs is 3. The van der Waals surface area contributed by atoms with Gasteiger partial charge >= 0.3 is 0 Å². The van der Waals surface area contributed by atoms with Crippen molar-refractivity contribution < 1.29 is 13.0 Å². The van der Waals surface area contributed by atoms with E-state index in [4.69, 9.17) is 4.55 Å². The lowest BCUT2D eigenvalue weighted by Crippen LogP contribution is -2.02. The molecule has 19 heavy (non-hydrogen) atoms. The van der Waals surface area contributed by atoms with Crippen LogP contribution in [0.3, 0.4) is 0 Å². The molecule has 0 fully saturated rings. The fraction of sp³-hybridized carbons (Fsp3) is 0.0667. The van der Waals surface area contributed by atoms with Crippen LogP contribution in [0.5, 0.6) is 0 Å². The van der Waals surface area contributed by atoms with Gasteiger partial charge in [0.15, 0.2) is 0 Å². The minimum atomic E-state index is -4.04. The highest BCUT2D eigenvalue weighted by Crippen LogP contribution is 2.29. The van der Waals surface area contributed by atoms with Gasteiger partial charge in [0.25, 0.3) is 10.1 Å². The van der Waals surface area contributed by atoms with Crippen molar-refractivity contribution in [2.75, 3.05) is 0 Å². The first-order chi connectivity index (χ1) is 9.04. The normalized spacial score (nSPS) is 12.1. The summed E-state index contributed by atoms with van der Waals surface area (Å²) in [7, 11) is -4.04. The van der Waals surface area contributed by atoms with Crippen molar-refractivity contribution in [3.63, 3.8) is 0 Å². The lowest BCUT2D eigenvalue weighted by Gasteiger charge is -2.09. The quantitative estimate of drug-likeness (QED) is 0.574. The fourth-order valence-electron chi connectivity index (χ4n) is 2.45. The van der Waals surface area contributed by atoms with Gasteiger partial charge in [-0.05, 0) is 33.2 Å². The Labute approximate surface area is 111 Å². The molecule has 0 atom stereocenters. The molecule has 0 bridgehead atoms. The lowest BCUT2D eigenvalue weighted by molar-refractivity contribution is 0.482. The largest absolute Gasteiger partial charge is 0.285 e. The molecule has 0 heterocycles. The van der Waals surface area contributed by atoms with E-state index in [-0.39, 0.29) is 5.75 Å². The van der Waals surface area contributed by atoms with Gasteiger partial charge in [0.2, 0.25) is 0 Å². The molecule has 0 aliphatic heterocycles. The lowest BCUT2D eigenvalue weighted by atomic mass is 9.98. The summed E-state index contributed by atoms with van der Waals surface area (Å²) in [6.45, 7) is 0. The Morgan fingerprint density at radius 2 is 1.42 bits per heavy atom. The van der Waals surface area contributed by atoms with Gasteiger partial charge in [0, 0.05) is 0 Å². The van der Waals surface area contributed by atoms with Crippen molar-refractivity contribution in [2.45, 2.75) is 5.75 Å². The first kappa shape index (κ1) is 12.1. The van der Waals surface area contributed by atoms with Crippen LogP contribution in [-0.2, 0) is 15.9 Å². The van der Waals surface area contributed by atoms with Gasteiger partial charge in [-0.25, -0.2) is 0 Å². The zero-order chi connectivity index (χ0) is 13.5. The molecule has 0 saturated carbocycles. The first-order valence-electron chi connectivity index (χ1n) is 5.89. The fourth-order valence-corrected chi connectivity index (χ4v) is 3.08. The second kappa shape index (κ2) is 4.33. The molecule has 96 valence electrons. The van der Waals surface area contributed by atoms with Crippen molar-refractivity contribution >= 4 is 31.7 Å². The van der Waals surface area contributed by atoms with E-state index in [1.165, 1.54) is 0 Å². The van der Waals surface area contributed by atoms with Crippen molar-refractivity contribution in [3.05, 3.63) is 60.2 Å². The van der Waals surface area contributed by atoms with E-state index < -0.39 is 10.1 Å². The summed E-state index contributed by atoms with van der Waals surface area (Å²) in [5.74, 6) is -0.363. The highest BCUT2D eigenvalue weighted by Gasteiger charge is 2.12. The number of rotatable bonds is 2. The Kier molecular flexibility index (Phi) is 2.77. The Hall–Kier alpha value is -1.91. The summed E-state index contributed by atoms with van der Waals surface area (Å²) in [6, 6.07) is 17.3. The van der Waals surface area contributed by atoms with Crippen LogP contribution in [0.1, 0.15) is 5.56 Å². The van der Waals surface area contributed by atoms with Crippen LogP contribution in [0.25, 0.3) is 21.5 Å². The van der Waals surface area contributed by atoms with Crippen molar-refractivity contribution in [1.29, 1.82) is 0 Å². The summed E-state index contributed by atoms with van der Waals surface area (Å²) in [5.41, 5.74) is 0.622. The van der Waals surface area contributed by atoms with Gasteiger partial charge in [0.1, 0.15) is 5.75 Å². The van der Waals surface area contributed by atoms with Crippen molar-refractivity contribution in [3.8, 4) is 0 Å². The standard InChI is InChI=1S/C15H12O3S/c16-19(17,18)10-12-9-11-5-1-2-6-13(11)15-8-4-3-7-14(12)15/h1-9H,10H2,(H,16,17,18). The van der Waals surface area contributed by atoms with E-state index in [9.17, 15) is 8.42 Å². The molecule has 3 aromatic carbocycles. The van der Waals surface area contributed by atoms with Gasteiger partial charge in [-0.15, -0.1) is 0 Å². The van der Waals surface area contributed by atoms with Gasteiger partial charge in [-0.2, -0.15) is 8.42 Å². The number of benzene rings is 3. The predicted octanol–water partition coefficient (Wildman–Crippen LogP) is 3.38. The summed E-state index contributed by atoms with van der Waals surface area (Å²) in [6.07, 6.45) is 0. The van der Waals surface area contributed by atoms with Gasteiger partial charge < -0.3 is 0 Å². The van der Waals surface area contributed by atoms with Crippen LogP contribution < -0.4 is 0 Å². The molecule has 0 radical (unpaired) electrons. The molecule has 0 aromatic heterocycles. The zero-order valence-corrected chi connectivity index (χ0v) is 10.9. The van der Waals surface area contributed by atoms with Crippen LogP contribution in [0.4, 0.5) is 0 Å². The summed E-state index contributed by atoms with van der Waals surface area (Å²) in [4.78, 5) is 0. The summed E-state index contributed by atoms with van der Waals surface area (Å²) >= 11 is 0. The SMILES string of the molecule is O=S(=O)(O)Cc1cc2ccccc2c2ccccc12. The number of hydrogen-bond donors (Lipinski definition) is 1. The monoisotopic (exact) mass is 272 g/mol. The van der Waals surface area contributed by atoms with E-state index in [1.807, 2.05) is 54.6 Å². The molecule has 0 saturated heterocycles. The Bertz CT molecular complexity index is 867. The molecule has 0 unspecified atom stereocenters. The molecule has 3 rings (SSSR count). The van der Waals surface area contributed by atoms with E-state index in [0.29, 0.717) is 5.56 Å². The highest BCUT2D eigenvalue weighted by molar-refractivity contribution is 7.85. The first-order valence-corrected chi connectivity index (χ1v) is 7.50. The Morgan fingerprint density at radius 1 is 0.842 bits per heavy atom. The molecule has 1 N–H and O–H groups in total. The summed E-state index contributed by atoms with van der Waals surface area (Å²) < 4.78 is 31.3. The molecule has 0 amide bonds. The second-order valence-corrected chi connectivity index (χ2v) is 5.98. The van der Waals surface area contributed by atoms with Crippen LogP contribution in [0, 0.1) is 0 Å². The maximum Gasteiger partial charge on any atom is 0.269 e. The highest BCUT2D eigenvalue weighted by atomic mass is 32.2. The van der Waals surface area contributed by atoms with E-state index in [1.54, 1.807) is 0 Å². The molecule has 4 heteroatoms. The second-order valence-electron chi connectivity index (χ2n) is 4.53. The van der Waals surface area contributed by atoms with Crippen molar-refractivity contribution in [2.24, 2.45) is 0 Å². The molecule has 3 nitrogen and oxygen atoms in total. The topological polar surface area (TPSA) is 54.4 Å². The average Bonchev–Trinajstić information content (AvgIpc) is 2.37. The van der Waals surface area contributed by atoms with Crippen LogP contribution in [0.15, 0.2) is 54.6 Å². The molecule has 0 spiro atoms. The van der Waals surface area contributed by atoms with Gasteiger partial charge in [0.05, 0.1) is 0 Å². The average molecular weight is 272 g/mol. The molecule has 0 aliphatic rings. The van der Waals surface area contributed by atoms with E-state index >= 15 is 0 Å². The van der Waals surface area contributed by atoms with E-state index in [2.05, 4.69) is 0 Å². The molecular weight excluding hydrogens is 260 g/mol. The smallest absolute Gasteiger partial charge is 0.269 e. The Balaban J connectivity index is 2.42.